The van der Waals surface area contributed by atoms with E-state index in [-0.39, 0.29) is 0 Å². The summed E-state index contributed by atoms with van der Waals surface area (Å²) in [5, 5.41) is 8.27. The molecule has 0 spiro atoms. The summed E-state index contributed by atoms with van der Waals surface area (Å²) in [5.41, 5.74) is 4.62. The van der Waals surface area contributed by atoms with Gasteiger partial charge in [-0.25, -0.2) is 0 Å². The Labute approximate surface area is 178 Å². The standard InChI is InChI=1S/C19H21BrClN3O2S/c1-3-22-19(27)24-23-11-14-9-17(25-4-2)18(10-16(14)20)26-12-13-5-7-15(21)8-6-13/h5-11H,3-4,12H2,1-2H3,(H2,22,24,27). The third kappa shape index (κ3) is 7.01. The van der Waals surface area contributed by atoms with Gasteiger partial charge in [0.1, 0.15) is 6.61 Å². The van der Waals surface area contributed by atoms with Crippen LogP contribution in [0, 0.1) is 0 Å². The van der Waals surface area contributed by atoms with Gasteiger partial charge in [-0.2, -0.15) is 5.10 Å². The number of halogens is 2. The number of nitrogens with one attached hydrogen (secondary N) is 2. The van der Waals surface area contributed by atoms with Crippen LogP contribution in [0.5, 0.6) is 11.5 Å². The molecule has 8 heteroatoms. The topological polar surface area (TPSA) is 54.9 Å². The lowest BCUT2D eigenvalue weighted by Crippen LogP contribution is -2.31. The van der Waals surface area contributed by atoms with Crippen LogP contribution in [0.1, 0.15) is 25.0 Å². The molecule has 0 aliphatic heterocycles. The second-order valence-corrected chi connectivity index (χ2v) is 7.10. The molecule has 144 valence electrons. The van der Waals surface area contributed by atoms with Crippen LogP contribution in [0.25, 0.3) is 0 Å². The summed E-state index contributed by atoms with van der Waals surface area (Å²) in [6.07, 6.45) is 1.67. The van der Waals surface area contributed by atoms with Gasteiger partial charge in [0.05, 0.1) is 12.8 Å². The molecule has 0 aliphatic carbocycles. The Hall–Kier alpha value is -1.83. The van der Waals surface area contributed by atoms with Gasteiger partial charge < -0.3 is 14.8 Å². The SMILES string of the molecule is CCNC(=S)NN=Cc1cc(OCC)c(OCc2ccc(Cl)cc2)cc1Br. The van der Waals surface area contributed by atoms with Crippen molar-refractivity contribution in [3.8, 4) is 11.5 Å². The summed E-state index contributed by atoms with van der Waals surface area (Å²) in [4.78, 5) is 0. The first-order chi connectivity index (χ1) is 13.0. The Kier molecular flexibility index (Phi) is 8.84. The van der Waals surface area contributed by atoms with Crippen LogP contribution in [-0.4, -0.2) is 24.5 Å². The Morgan fingerprint density at radius 3 is 2.56 bits per heavy atom. The second-order valence-electron chi connectivity index (χ2n) is 5.40. The molecule has 2 aromatic rings. The fourth-order valence-corrected chi connectivity index (χ4v) is 2.88. The van der Waals surface area contributed by atoms with E-state index in [9.17, 15) is 0 Å². The van der Waals surface area contributed by atoms with E-state index in [2.05, 4.69) is 31.8 Å². The summed E-state index contributed by atoms with van der Waals surface area (Å²) in [6, 6.07) is 11.3. The van der Waals surface area contributed by atoms with Crippen LogP contribution in [0.15, 0.2) is 46.0 Å². The van der Waals surface area contributed by atoms with Crippen molar-refractivity contribution in [2.24, 2.45) is 5.10 Å². The van der Waals surface area contributed by atoms with Crippen molar-refractivity contribution < 1.29 is 9.47 Å². The highest BCUT2D eigenvalue weighted by Gasteiger charge is 2.10. The predicted molar refractivity (Wildman–Crippen MR) is 118 cm³/mol. The number of hydrogen-bond donors (Lipinski definition) is 2. The van der Waals surface area contributed by atoms with Gasteiger partial charge >= 0.3 is 0 Å². The minimum atomic E-state index is 0.412. The fraction of sp³-hybridized carbons (Fsp3) is 0.263. The van der Waals surface area contributed by atoms with Crippen LogP contribution in [0.3, 0.4) is 0 Å². The van der Waals surface area contributed by atoms with E-state index in [0.29, 0.717) is 34.8 Å². The Morgan fingerprint density at radius 1 is 1.19 bits per heavy atom. The average Bonchev–Trinajstić information content (AvgIpc) is 2.64. The molecule has 0 aliphatic rings. The summed E-state index contributed by atoms with van der Waals surface area (Å²) >= 11 is 14.5. The monoisotopic (exact) mass is 469 g/mol. The third-order valence-electron chi connectivity index (χ3n) is 3.38. The van der Waals surface area contributed by atoms with E-state index < -0.39 is 0 Å². The molecule has 0 atom stereocenters. The lowest BCUT2D eigenvalue weighted by Gasteiger charge is -2.14. The maximum Gasteiger partial charge on any atom is 0.186 e. The molecule has 0 unspecified atom stereocenters. The van der Waals surface area contributed by atoms with Crippen LogP contribution in [0.4, 0.5) is 0 Å². The summed E-state index contributed by atoms with van der Waals surface area (Å²) in [5.74, 6) is 1.29. The number of ether oxygens (including phenoxy) is 2. The maximum atomic E-state index is 5.94. The van der Waals surface area contributed by atoms with Gasteiger partial charge in [0.2, 0.25) is 0 Å². The Morgan fingerprint density at radius 2 is 1.89 bits per heavy atom. The molecule has 0 heterocycles. The molecule has 27 heavy (non-hydrogen) atoms. The second kappa shape index (κ2) is 11.1. The molecule has 0 fully saturated rings. The maximum absolute atomic E-state index is 5.94. The van der Waals surface area contributed by atoms with Crippen molar-refractivity contribution in [2.45, 2.75) is 20.5 Å². The van der Waals surface area contributed by atoms with Crippen molar-refractivity contribution in [2.75, 3.05) is 13.2 Å². The fourth-order valence-electron chi connectivity index (χ4n) is 2.13. The van der Waals surface area contributed by atoms with E-state index >= 15 is 0 Å². The smallest absolute Gasteiger partial charge is 0.186 e. The van der Waals surface area contributed by atoms with Crippen LogP contribution in [-0.2, 0) is 6.61 Å². The van der Waals surface area contributed by atoms with E-state index in [1.54, 1.807) is 6.21 Å². The molecule has 0 saturated carbocycles. The van der Waals surface area contributed by atoms with Crippen molar-refractivity contribution in [1.29, 1.82) is 0 Å². The average molecular weight is 471 g/mol. The molecule has 5 nitrogen and oxygen atoms in total. The van der Waals surface area contributed by atoms with Crippen molar-refractivity contribution in [3.63, 3.8) is 0 Å². The highest BCUT2D eigenvalue weighted by atomic mass is 79.9. The minimum absolute atomic E-state index is 0.412. The van der Waals surface area contributed by atoms with Crippen molar-refractivity contribution in [3.05, 3.63) is 57.0 Å². The molecule has 2 N–H and O–H groups in total. The molecule has 0 amide bonds. The summed E-state index contributed by atoms with van der Waals surface area (Å²) in [6.45, 7) is 5.56. The number of rotatable bonds is 8. The highest BCUT2D eigenvalue weighted by molar-refractivity contribution is 9.10. The number of hydrogen-bond acceptors (Lipinski definition) is 4. The van der Waals surface area contributed by atoms with Crippen LogP contribution < -0.4 is 20.2 Å². The van der Waals surface area contributed by atoms with Gasteiger partial charge in [-0.15, -0.1) is 0 Å². The van der Waals surface area contributed by atoms with Gasteiger partial charge in [0, 0.05) is 21.6 Å². The van der Waals surface area contributed by atoms with Crippen molar-refractivity contribution in [1.82, 2.24) is 10.7 Å². The molecule has 2 rings (SSSR count). The van der Waals surface area contributed by atoms with Crippen molar-refractivity contribution >= 4 is 51.1 Å². The molecular weight excluding hydrogens is 450 g/mol. The van der Waals surface area contributed by atoms with Gasteiger partial charge in [0.25, 0.3) is 0 Å². The van der Waals surface area contributed by atoms with Crippen LogP contribution >= 0.6 is 39.7 Å². The van der Waals surface area contributed by atoms with Gasteiger partial charge in [-0.05, 0) is 71.8 Å². The van der Waals surface area contributed by atoms with Gasteiger partial charge in [0.15, 0.2) is 16.6 Å². The zero-order valence-corrected chi connectivity index (χ0v) is 18.2. The molecule has 0 saturated heterocycles. The lowest BCUT2D eigenvalue weighted by molar-refractivity contribution is 0.269. The Bertz CT molecular complexity index is 800. The summed E-state index contributed by atoms with van der Waals surface area (Å²) in [7, 11) is 0. The van der Waals surface area contributed by atoms with E-state index in [1.807, 2.05) is 50.2 Å². The number of thiocarbonyl (C=S) groups is 1. The molecule has 0 radical (unpaired) electrons. The first-order valence-corrected chi connectivity index (χ1v) is 10.0. The van der Waals surface area contributed by atoms with Crippen LogP contribution in [0.2, 0.25) is 5.02 Å². The number of nitrogens with zero attached hydrogens (tertiary/aromatic N) is 1. The predicted octanol–water partition coefficient (Wildman–Crippen LogP) is 4.90. The third-order valence-corrected chi connectivity index (χ3v) is 4.55. The van der Waals surface area contributed by atoms with Gasteiger partial charge in [-0.3, -0.25) is 5.43 Å². The van der Waals surface area contributed by atoms with E-state index in [4.69, 9.17) is 33.3 Å². The normalized spacial score (nSPS) is 10.7. The molecule has 0 bridgehead atoms. The minimum Gasteiger partial charge on any atom is -0.490 e. The quantitative estimate of drug-likeness (QED) is 0.326. The first kappa shape index (κ1) is 21.5. The first-order valence-electron chi connectivity index (χ1n) is 8.44. The number of hydrazone groups is 1. The van der Waals surface area contributed by atoms with E-state index in [0.717, 1.165) is 22.1 Å². The highest BCUT2D eigenvalue weighted by Crippen LogP contribution is 2.33. The number of benzene rings is 2. The lowest BCUT2D eigenvalue weighted by atomic mass is 10.2. The summed E-state index contributed by atoms with van der Waals surface area (Å²) < 4.78 is 12.5. The molecular formula is C19H21BrClN3O2S. The largest absolute Gasteiger partial charge is 0.490 e. The van der Waals surface area contributed by atoms with Gasteiger partial charge in [-0.1, -0.05) is 23.7 Å². The Balaban J connectivity index is 2.13. The van der Waals surface area contributed by atoms with E-state index in [1.165, 1.54) is 0 Å². The zero-order valence-electron chi connectivity index (χ0n) is 15.1. The molecule has 2 aromatic carbocycles. The molecule has 0 aromatic heterocycles. The zero-order chi connectivity index (χ0) is 19.6.